The van der Waals surface area contributed by atoms with E-state index in [9.17, 15) is 4.79 Å². The van der Waals surface area contributed by atoms with E-state index in [4.69, 9.17) is 4.74 Å². The second kappa shape index (κ2) is 9.69. The predicted octanol–water partition coefficient (Wildman–Crippen LogP) is 4.88. The highest BCUT2D eigenvalue weighted by atomic mass is 16.5. The number of rotatable bonds is 7. The van der Waals surface area contributed by atoms with Crippen molar-refractivity contribution >= 4 is 12.1 Å². The number of ether oxygens (including phenoxy) is 1. The lowest BCUT2D eigenvalue weighted by molar-refractivity contribution is -0.120. The fourth-order valence-electron chi connectivity index (χ4n) is 2.82. The van der Waals surface area contributed by atoms with E-state index in [2.05, 4.69) is 48.6 Å². The number of hydrogen-bond donors (Lipinski definition) is 1. The van der Waals surface area contributed by atoms with Gasteiger partial charge in [0.1, 0.15) is 12.4 Å². The number of benzene rings is 3. The van der Waals surface area contributed by atoms with Crippen molar-refractivity contribution in [3.05, 3.63) is 100 Å². The minimum absolute atomic E-state index is 0.137. The second-order valence-electron chi connectivity index (χ2n) is 7.23. The van der Waals surface area contributed by atoms with Crippen LogP contribution in [-0.2, 0) is 17.8 Å². The van der Waals surface area contributed by atoms with Crippen molar-refractivity contribution < 1.29 is 9.53 Å². The van der Waals surface area contributed by atoms with Gasteiger partial charge >= 0.3 is 0 Å². The highest BCUT2D eigenvalue weighted by Crippen LogP contribution is 2.14. The molecule has 0 aliphatic rings. The van der Waals surface area contributed by atoms with Gasteiger partial charge in [0.25, 0.3) is 0 Å². The van der Waals surface area contributed by atoms with Crippen molar-refractivity contribution in [2.75, 3.05) is 0 Å². The first kappa shape index (κ1) is 20.3. The van der Waals surface area contributed by atoms with Crippen molar-refractivity contribution in [2.24, 2.45) is 5.10 Å². The first-order chi connectivity index (χ1) is 14.0. The van der Waals surface area contributed by atoms with Crippen molar-refractivity contribution in [2.45, 2.75) is 33.8 Å². The lowest BCUT2D eigenvalue weighted by atomic mass is 10.0. The van der Waals surface area contributed by atoms with Crippen molar-refractivity contribution in [1.82, 2.24) is 5.43 Å². The molecule has 3 aromatic carbocycles. The van der Waals surface area contributed by atoms with E-state index >= 15 is 0 Å². The van der Waals surface area contributed by atoms with Gasteiger partial charge in [-0.2, -0.15) is 5.10 Å². The van der Waals surface area contributed by atoms with Gasteiger partial charge in [0.05, 0.1) is 12.6 Å². The van der Waals surface area contributed by atoms with E-state index < -0.39 is 0 Å². The van der Waals surface area contributed by atoms with Crippen LogP contribution in [0.1, 0.15) is 33.4 Å². The van der Waals surface area contributed by atoms with Crippen LogP contribution in [0, 0.1) is 20.8 Å². The molecule has 0 unspecified atom stereocenters. The first-order valence-corrected chi connectivity index (χ1v) is 9.66. The van der Waals surface area contributed by atoms with Gasteiger partial charge in [-0.1, -0.05) is 48.0 Å². The topological polar surface area (TPSA) is 50.7 Å². The van der Waals surface area contributed by atoms with Crippen LogP contribution in [0.25, 0.3) is 0 Å². The predicted molar refractivity (Wildman–Crippen MR) is 117 cm³/mol. The van der Waals surface area contributed by atoms with Crippen LogP contribution in [0.5, 0.6) is 5.75 Å². The standard InChI is InChI=1S/C25H26N2O2/c1-18-4-7-22(8-5-18)17-29-24-12-10-21(11-13-24)16-26-27-25(28)15-23-9-6-19(2)20(3)14-23/h4-14,16H,15,17H2,1-3H3,(H,27,28)/b26-16-. The monoisotopic (exact) mass is 386 g/mol. The van der Waals surface area contributed by atoms with Crippen LogP contribution in [0.3, 0.4) is 0 Å². The molecule has 0 radical (unpaired) electrons. The van der Waals surface area contributed by atoms with Gasteiger partial charge in [-0.3, -0.25) is 4.79 Å². The van der Waals surface area contributed by atoms with E-state index in [-0.39, 0.29) is 5.91 Å². The summed E-state index contributed by atoms with van der Waals surface area (Å²) in [5, 5.41) is 4.04. The quantitative estimate of drug-likeness (QED) is 0.465. The molecule has 0 aromatic heterocycles. The highest BCUT2D eigenvalue weighted by Gasteiger charge is 2.03. The summed E-state index contributed by atoms with van der Waals surface area (Å²) in [6.45, 7) is 6.70. The Morgan fingerprint density at radius 3 is 2.28 bits per heavy atom. The zero-order valence-corrected chi connectivity index (χ0v) is 17.1. The zero-order chi connectivity index (χ0) is 20.6. The molecule has 0 atom stereocenters. The molecule has 148 valence electrons. The number of nitrogens with zero attached hydrogens (tertiary/aromatic N) is 1. The molecular formula is C25H26N2O2. The lowest BCUT2D eigenvalue weighted by Gasteiger charge is -2.07. The van der Waals surface area contributed by atoms with Crippen LogP contribution in [0.15, 0.2) is 71.8 Å². The van der Waals surface area contributed by atoms with E-state index in [1.54, 1.807) is 6.21 Å². The Hall–Kier alpha value is -3.40. The maximum Gasteiger partial charge on any atom is 0.244 e. The zero-order valence-electron chi connectivity index (χ0n) is 17.1. The summed E-state index contributed by atoms with van der Waals surface area (Å²) in [7, 11) is 0. The van der Waals surface area contributed by atoms with Gasteiger partial charge in [-0.15, -0.1) is 0 Å². The number of carbonyl (C=O) groups excluding carboxylic acids is 1. The maximum absolute atomic E-state index is 12.0. The van der Waals surface area contributed by atoms with E-state index in [0.29, 0.717) is 13.0 Å². The smallest absolute Gasteiger partial charge is 0.244 e. The second-order valence-corrected chi connectivity index (χ2v) is 7.23. The summed E-state index contributed by atoms with van der Waals surface area (Å²) in [4.78, 5) is 12.0. The number of hydrogen-bond acceptors (Lipinski definition) is 3. The highest BCUT2D eigenvalue weighted by molar-refractivity contribution is 5.83. The fourth-order valence-corrected chi connectivity index (χ4v) is 2.82. The van der Waals surface area contributed by atoms with Crippen molar-refractivity contribution in [3.8, 4) is 5.75 Å². The number of aryl methyl sites for hydroxylation is 3. The normalized spacial score (nSPS) is 10.9. The molecule has 0 aliphatic heterocycles. The molecule has 3 aromatic rings. The van der Waals surface area contributed by atoms with E-state index in [1.165, 1.54) is 16.7 Å². The average Bonchev–Trinajstić information content (AvgIpc) is 2.71. The molecule has 0 saturated heterocycles. The van der Waals surface area contributed by atoms with E-state index in [0.717, 1.165) is 22.4 Å². The summed E-state index contributed by atoms with van der Waals surface area (Å²) in [5.74, 6) is 0.657. The van der Waals surface area contributed by atoms with Gasteiger partial charge in [0.2, 0.25) is 5.91 Å². The van der Waals surface area contributed by atoms with Gasteiger partial charge < -0.3 is 4.74 Å². The molecule has 0 bridgehead atoms. The van der Waals surface area contributed by atoms with Crippen LogP contribution in [0.2, 0.25) is 0 Å². The van der Waals surface area contributed by atoms with Crippen LogP contribution < -0.4 is 10.2 Å². The Morgan fingerprint density at radius 1 is 0.897 bits per heavy atom. The number of carbonyl (C=O) groups is 1. The summed E-state index contributed by atoms with van der Waals surface area (Å²) < 4.78 is 5.80. The van der Waals surface area contributed by atoms with Gasteiger partial charge in [-0.25, -0.2) is 5.43 Å². The minimum atomic E-state index is -0.137. The third kappa shape index (κ3) is 6.32. The number of amides is 1. The van der Waals surface area contributed by atoms with Crippen molar-refractivity contribution in [1.29, 1.82) is 0 Å². The molecule has 1 amide bonds. The van der Waals surface area contributed by atoms with Crippen LogP contribution in [0.4, 0.5) is 0 Å². The Bertz CT molecular complexity index is 990. The molecule has 0 fully saturated rings. The van der Waals surface area contributed by atoms with Crippen LogP contribution in [-0.4, -0.2) is 12.1 Å². The minimum Gasteiger partial charge on any atom is -0.489 e. The maximum atomic E-state index is 12.0. The molecule has 0 aliphatic carbocycles. The Kier molecular flexibility index (Phi) is 6.80. The molecule has 4 nitrogen and oxygen atoms in total. The van der Waals surface area contributed by atoms with Crippen molar-refractivity contribution in [3.63, 3.8) is 0 Å². The molecular weight excluding hydrogens is 360 g/mol. The van der Waals surface area contributed by atoms with Gasteiger partial charge in [0, 0.05) is 0 Å². The summed E-state index contributed by atoms with van der Waals surface area (Å²) >= 11 is 0. The SMILES string of the molecule is Cc1ccc(COc2ccc(/C=N\NC(=O)Cc3ccc(C)c(C)c3)cc2)cc1. The first-order valence-electron chi connectivity index (χ1n) is 9.66. The number of nitrogens with one attached hydrogen (secondary N) is 1. The van der Waals surface area contributed by atoms with Gasteiger partial charge in [-0.05, 0) is 72.9 Å². The molecule has 4 heteroatoms. The largest absolute Gasteiger partial charge is 0.489 e. The molecule has 0 saturated carbocycles. The molecule has 1 N–H and O–H groups in total. The fraction of sp³-hybridized carbons (Fsp3) is 0.200. The molecule has 0 heterocycles. The Morgan fingerprint density at radius 2 is 1.59 bits per heavy atom. The average molecular weight is 386 g/mol. The Labute approximate surface area is 172 Å². The molecule has 0 spiro atoms. The summed E-state index contributed by atoms with van der Waals surface area (Å²) in [5.41, 5.74) is 9.22. The Balaban J connectivity index is 1.47. The van der Waals surface area contributed by atoms with E-state index in [1.807, 2.05) is 49.4 Å². The molecule has 3 rings (SSSR count). The number of hydrazone groups is 1. The summed E-state index contributed by atoms with van der Waals surface area (Å²) in [6, 6.07) is 21.9. The van der Waals surface area contributed by atoms with Crippen LogP contribution >= 0.6 is 0 Å². The summed E-state index contributed by atoms with van der Waals surface area (Å²) in [6.07, 6.45) is 1.94. The molecule has 29 heavy (non-hydrogen) atoms. The lowest BCUT2D eigenvalue weighted by Crippen LogP contribution is -2.19. The van der Waals surface area contributed by atoms with Gasteiger partial charge in [0.15, 0.2) is 0 Å². The third-order valence-electron chi connectivity index (χ3n) is 4.75. The third-order valence-corrected chi connectivity index (χ3v) is 4.75.